The summed E-state index contributed by atoms with van der Waals surface area (Å²) in [5, 5.41) is 7.87. The molecule has 12 atom stereocenters. The van der Waals surface area contributed by atoms with Gasteiger partial charge in [0.2, 0.25) is 76.8 Å². The number of ether oxygens (including phenoxy) is 1. The molecule has 3 aliphatic carbocycles. The van der Waals surface area contributed by atoms with E-state index in [1.54, 1.807) is 11.8 Å². The lowest BCUT2D eigenvalue weighted by Crippen LogP contribution is -2.66. The SMILES string of the molecule is CC[C@H](C)C1NC(=O)C(CC(C)C)N(C)C(=O)CC(C(=O)N2C3CCC2COC3)N(C)C(=O)C(C2CCCC2)N(C)C(=O)C2(CCCC2)NC(=O)C(CC(=O)N2CCC(F)(F)CC2)N(C)C(=O)C(CCc2ccc(C(F)(F)F)c(Cl)c2)NC(=O)CN(C)C(=O)C(CC2CCCCC2)N(C)C(=O)C2CCN2C(=O)C(C)N(C)C1=O. The number of carbonyl (C=O) groups excluding carboxylic acids is 13. The lowest BCUT2D eigenvalue weighted by Gasteiger charge is -2.45. The number of piperidine rings is 1. The van der Waals surface area contributed by atoms with Gasteiger partial charge >= 0.3 is 6.18 Å². The fourth-order valence-electron chi connectivity index (χ4n) is 18.1. The Hall–Kier alpha value is -7.77. The number of nitrogens with zero attached hydrogens (tertiary/aromatic N) is 10. The predicted molar refractivity (Wildman–Crippen MR) is 407 cm³/mol. The molecule has 3 N–H and O–H groups in total. The molecule has 0 aromatic heterocycles. The first-order valence-corrected chi connectivity index (χ1v) is 41.1. The van der Waals surface area contributed by atoms with Crippen LogP contribution in [0.3, 0.4) is 0 Å². The van der Waals surface area contributed by atoms with E-state index in [4.69, 9.17) is 16.3 Å². The van der Waals surface area contributed by atoms with Crippen LogP contribution in [0, 0.1) is 23.7 Å². The molecule has 33 heteroatoms. The van der Waals surface area contributed by atoms with E-state index in [2.05, 4.69) is 16.0 Å². The molecule has 3 saturated carbocycles. The average Bonchev–Trinajstić information content (AvgIpc) is 1.74. The summed E-state index contributed by atoms with van der Waals surface area (Å²) in [6.45, 7) is 7.64. The van der Waals surface area contributed by atoms with E-state index < -0.39 is 235 Å². The summed E-state index contributed by atoms with van der Waals surface area (Å²) in [6, 6.07) is -10.4. The maximum atomic E-state index is 16.1. The standard InChI is InChI=1S/C80H119ClF5N13O14/c1-13-48(4)66-75(110)91(7)49(5)70(105)98-36-31-58(98)73(108)94(10)61(41-50-21-15-14-16-22-50)72(107)90(6)44-63(100)87-57(30-26-51-25-29-55(56(81)40-51)80(84,85)86)71(106)93(9)60(42-65(102)97-37-34-79(82,83)35-38-97)69(104)89-78(32-19-20-33-78)77(112)96(12)67(52-23-17-18-24-52)76(111)95(11)62(74(109)99-53-27-28-54(99)46-113-45-53)43-64(101)92(8)59(39-47(2)3)68(103)88-66/h25,29,40,47-50,52-54,57-62,66-67H,13-24,26-28,30-39,41-46H2,1-12H3,(H,87,100)(H,88,103)(H,89,104)/t48-,49?,53?,54?,57?,58?,59?,60?,61?,62?,66?,67?/m0/s1. The summed E-state index contributed by atoms with van der Waals surface area (Å²) >= 11 is 6.20. The Bertz CT molecular complexity index is 3640. The number of amides is 13. The van der Waals surface area contributed by atoms with Crippen LogP contribution in [0.2, 0.25) is 5.02 Å². The second kappa shape index (κ2) is 37.9. The lowest BCUT2D eigenvalue weighted by atomic mass is 9.84. The van der Waals surface area contributed by atoms with Crippen LogP contribution in [0.4, 0.5) is 22.0 Å². The molecule has 8 fully saturated rings. The number of fused-ring (bicyclic) bond motifs is 3. The van der Waals surface area contributed by atoms with E-state index in [1.165, 1.54) is 78.6 Å². The highest BCUT2D eigenvalue weighted by molar-refractivity contribution is 6.31. The zero-order valence-electron chi connectivity index (χ0n) is 67.8. The van der Waals surface area contributed by atoms with Crippen molar-refractivity contribution >= 4 is 88.4 Å². The summed E-state index contributed by atoms with van der Waals surface area (Å²) in [5.41, 5.74) is -2.83. The van der Waals surface area contributed by atoms with Gasteiger partial charge in [-0.3, -0.25) is 62.3 Å². The minimum atomic E-state index is -4.84. The number of aryl methyl sites for hydroxylation is 1. The van der Waals surface area contributed by atoms with E-state index in [-0.39, 0.29) is 75.7 Å². The maximum Gasteiger partial charge on any atom is 0.417 e. The Morgan fingerprint density at radius 2 is 1.26 bits per heavy atom. The molecule has 27 nitrogen and oxygen atoms in total. The first-order valence-electron chi connectivity index (χ1n) is 40.7. The molecular formula is C80H119ClF5N13O14. The number of nitrogens with one attached hydrogen (secondary N) is 3. The van der Waals surface area contributed by atoms with Crippen molar-refractivity contribution < 1.29 is 89.0 Å². The van der Waals surface area contributed by atoms with Crippen LogP contribution in [0.15, 0.2) is 18.2 Å². The number of morpholine rings is 1. The van der Waals surface area contributed by atoms with Crippen molar-refractivity contribution in [2.75, 3.05) is 88.7 Å². The average molecular weight is 1620 g/mol. The molecule has 1 spiro atoms. The summed E-state index contributed by atoms with van der Waals surface area (Å²) in [7, 11) is 9.55. The molecule has 5 saturated heterocycles. The number of alkyl halides is 5. The molecular weight excluding hydrogens is 1500 g/mol. The molecule has 11 unspecified atom stereocenters. The van der Waals surface area contributed by atoms with Gasteiger partial charge < -0.3 is 69.7 Å². The van der Waals surface area contributed by atoms with Crippen LogP contribution >= 0.6 is 11.6 Å². The van der Waals surface area contributed by atoms with Gasteiger partial charge in [-0.15, -0.1) is 0 Å². The van der Waals surface area contributed by atoms with Crippen molar-refractivity contribution in [2.24, 2.45) is 23.7 Å². The van der Waals surface area contributed by atoms with Gasteiger partial charge in [-0.05, 0) is 119 Å². The van der Waals surface area contributed by atoms with Gasteiger partial charge in [0.1, 0.15) is 59.9 Å². The van der Waals surface area contributed by atoms with Crippen molar-refractivity contribution in [3.63, 3.8) is 0 Å². The highest BCUT2D eigenvalue weighted by Crippen LogP contribution is 2.40. The quantitative estimate of drug-likeness (QED) is 0.180. The van der Waals surface area contributed by atoms with Gasteiger partial charge in [-0.2, -0.15) is 13.2 Å². The van der Waals surface area contributed by atoms with Gasteiger partial charge in [0.25, 0.3) is 5.92 Å². The number of rotatable bonds is 13. The molecule has 9 rings (SSSR count). The van der Waals surface area contributed by atoms with Crippen LogP contribution < -0.4 is 16.0 Å². The topological polar surface area (TPSA) is 300 Å². The van der Waals surface area contributed by atoms with Crippen molar-refractivity contribution in [2.45, 2.75) is 279 Å². The third kappa shape index (κ3) is 20.7. The number of carbonyl (C=O) groups is 13. The molecule has 5 heterocycles. The largest absolute Gasteiger partial charge is 0.417 e. The minimum Gasteiger partial charge on any atom is -0.377 e. The highest BCUT2D eigenvalue weighted by Gasteiger charge is 2.54. The molecule has 630 valence electrons. The molecule has 113 heavy (non-hydrogen) atoms. The van der Waals surface area contributed by atoms with E-state index in [9.17, 15) is 36.3 Å². The predicted octanol–water partition coefficient (Wildman–Crippen LogP) is 6.43. The number of hydrogen-bond acceptors (Lipinski definition) is 14. The van der Waals surface area contributed by atoms with Crippen molar-refractivity contribution in [3.8, 4) is 0 Å². The van der Waals surface area contributed by atoms with Gasteiger partial charge in [0.15, 0.2) is 0 Å². The number of halogens is 6. The first kappa shape index (κ1) is 89.2. The highest BCUT2D eigenvalue weighted by atomic mass is 35.5. The fraction of sp³-hybridized carbons (Fsp3) is 0.762. The Morgan fingerprint density at radius 1 is 0.646 bits per heavy atom. The zero-order valence-corrected chi connectivity index (χ0v) is 68.5. The summed E-state index contributed by atoms with van der Waals surface area (Å²) < 4.78 is 77.6. The molecule has 13 amide bonds. The first-order chi connectivity index (χ1) is 53.2. The normalized spacial score (nSPS) is 29.3. The van der Waals surface area contributed by atoms with Crippen LogP contribution in [0.1, 0.15) is 200 Å². The molecule has 1 aromatic carbocycles. The lowest BCUT2D eigenvalue weighted by molar-refractivity contribution is -0.160. The Labute approximate surface area is 665 Å². The summed E-state index contributed by atoms with van der Waals surface area (Å²) in [4.78, 5) is 211. The van der Waals surface area contributed by atoms with E-state index in [1.807, 2.05) is 20.8 Å². The number of likely N-dealkylation sites (tertiary alicyclic amines) is 1. The fourth-order valence-corrected chi connectivity index (χ4v) is 18.4. The van der Waals surface area contributed by atoms with E-state index >= 15 is 47.9 Å². The monoisotopic (exact) mass is 1620 g/mol. The van der Waals surface area contributed by atoms with Gasteiger partial charge in [0, 0.05) is 81.8 Å². The van der Waals surface area contributed by atoms with Crippen molar-refractivity contribution in [1.82, 2.24) is 64.9 Å². The minimum absolute atomic E-state index is 0.0252. The Kier molecular flexibility index (Phi) is 29.9. The molecule has 8 aliphatic rings. The van der Waals surface area contributed by atoms with Crippen LogP contribution in [0.25, 0.3) is 0 Å². The van der Waals surface area contributed by atoms with Crippen LogP contribution in [-0.4, -0.2) is 292 Å². The molecule has 0 radical (unpaired) electrons. The third-order valence-corrected chi connectivity index (χ3v) is 26.0. The smallest absolute Gasteiger partial charge is 0.377 e. The third-order valence-electron chi connectivity index (χ3n) is 25.7. The van der Waals surface area contributed by atoms with Gasteiger partial charge in [-0.1, -0.05) is 110 Å². The summed E-state index contributed by atoms with van der Waals surface area (Å²) in [6.07, 6.45) is 0.437. The van der Waals surface area contributed by atoms with E-state index in [0.717, 1.165) is 72.1 Å². The molecule has 5 aliphatic heterocycles. The number of benzene rings is 1. The second-order valence-electron chi connectivity index (χ2n) is 33.8. The zero-order chi connectivity index (χ0) is 83.0. The van der Waals surface area contributed by atoms with Gasteiger partial charge in [0.05, 0.1) is 55.3 Å². The molecule has 1 aromatic rings. The number of likely N-dealkylation sites (N-methyl/N-ethyl adjacent to an activating group) is 7. The van der Waals surface area contributed by atoms with Gasteiger partial charge in [-0.25, -0.2) is 8.78 Å². The van der Waals surface area contributed by atoms with E-state index in [0.29, 0.717) is 57.8 Å². The Morgan fingerprint density at radius 3 is 1.83 bits per heavy atom. The van der Waals surface area contributed by atoms with Crippen LogP contribution in [0.5, 0.6) is 0 Å². The second-order valence-corrected chi connectivity index (χ2v) is 34.2. The summed E-state index contributed by atoms with van der Waals surface area (Å²) in [5.74, 6) is -14.4. The number of hydrogen-bond donors (Lipinski definition) is 3. The van der Waals surface area contributed by atoms with Crippen LogP contribution in [-0.2, 0) is 79.7 Å². The van der Waals surface area contributed by atoms with Crippen molar-refractivity contribution in [3.05, 3.63) is 34.3 Å². The maximum absolute atomic E-state index is 16.1. The van der Waals surface area contributed by atoms with Crippen molar-refractivity contribution in [1.29, 1.82) is 0 Å². The Balaban J connectivity index is 1.14. The molecule has 2 bridgehead atoms.